The predicted molar refractivity (Wildman–Crippen MR) is 101 cm³/mol. The Hall–Kier alpha value is -3.28. The molecule has 6 heteroatoms. The molecule has 0 aliphatic heterocycles. The topological polar surface area (TPSA) is 76.7 Å². The normalized spacial score (nSPS) is 10.3. The molecule has 0 fully saturated rings. The van der Waals surface area contributed by atoms with Gasteiger partial charge in [0.25, 0.3) is 0 Å². The van der Waals surface area contributed by atoms with Gasteiger partial charge in [0.15, 0.2) is 0 Å². The summed E-state index contributed by atoms with van der Waals surface area (Å²) in [5.74, 6) is 0. The van der Waals surface area contributed by atoms with Crippen molar-refractivity contribution >= 4 is 23.6 Å². The number of hydrogen-bond acceptors (Lipinski definition) is 4. The summed E-state index contributed by atoms with van der Waals surface area (Å²) in [6.07, 6.45) is 4.09. The lowest BCUT2D eigenvalue weighted by atomic mass is 10.3. The number of rotatable bonds is 8. The van der Waals surface area contributed by atoms with E-state index < -0.39 is 12.2 Å². The van der Waals surface area contributed by atoms with Crippen molar-refractivity contribution in [3.05, 3.63) is 72.8 Å². The van der Waals surface area contributed by atoms with Gasteiger partial charge in [-0.25, -0.2) is 9.59 Å². The smallest absolute Gasteiger partial charge is 0.411 e. The van der Waals surface area contributed by atoms with Gasteiger partial charge in [-0.05, 0) is 37.1 Å². The lowest BCUT2D eigenvalue weighted by molar-refractivity contribution is 0.160. The first-order chi connectivity index (χ1) is 12.7. The minimum atomic E-state index is -0.498. The molecular weight excluding hydrogens is 332 g/mol. The maximum atomic E-state index is 11.6. The van der Waals surface area contributed by atoms with Crippen LogP contribution in [-0.2, 0) is 9.47 Å². The van der Waals surface area contributed by atoms with Gasteiger partial charge in [-0.1, -0.05) is 48.6 Å². The number of amides is 2. The molecule has 0 saturated carbocycles. The molecule has 0 atom stereocenters. The van der Waals surface area contributed by atoms with E-state index in [-0.39, 0.29) is 6.61 Å². The second-order valence-corrected chi connectivity index (χ2v) is 5.33. The lowest BCUT2D eigenvalue weighted by Gasteiger charge is -2.06. The van der Waals surface area contributed by atoms with E-state index in [1.54, 1.807) is 30.3 Å². The van der Waals surface area contributed by atoms with Gasteiger partial charge in [0.05, 0.1) is 6.61 Å². The summed E-state index contributed by atoms with van der Waals surface area (Å²) in [7, 11) is 0. The molecule has 0 radical (unpaired) electrons. The van der Waals surface area contributed by atoms with E-state index in [9.17, 15) is 9.59 Å². The fourth-order valence-electron chi connectivity index (χ4n) is 2.03. The van der Waals surface area contributed by atoms with Gasteiger partial charge in [0.1, 0.15) is 6.61 Å². The minimum absolute atomic E-state index is 0.189. The van der Waals surface area contributed by atoms with E-state index in [0.717, 1.165) is 6.42 Å². The quantitative estimate of drug-likeness (QED) is 0.526. The highest BCUT2D eigenvalue weighted by Crippen LogP contribution is 2.06. The zero-order chi connectivity index (χ0) is 18.5. The van der Waals surface area contributed by atoms with Crippen LogP contribution in [0.1, 0.15) is 12.8 Å². The third-order valence-electron chi connectivity index (χ3n) is 3.27. The molecule has 0 aliphatic rings. The SMILES string of the molecule is O=C(Nc1ccccc1)OCC=CCCCOC(=O)Nc1ccccc1. The Labute approximate surface area is 152 Å². The van der Waals surface area contributed by atoms with Gasteiger partial charge in [-0.15, -0.1) is 0 Å². The lowest BCUT2D eigenvalue weighted by Crippen LogP contribution is -2.14. The molecule has 2 amide bonds. The summed E-state index contributed by atoms with van der Waals surface area (Å²) < 4.78 is 10.1. The molecule has 0 spiro atoms. The first kappa shape index (κ1) is 19.1. The highest BCUT2D eigenvalue weighted by Gasteiger charge is 2.02. The summed E-state index contributed by atoms with van der Waals surface area (Å²) in [6, 6.07) is 18.2. The Bertz CT molecular complexity index is 702. The minimum Gasteiger partial charge on any atom is -0.449 e. The molecule has 0 aliphatic carbocycles. The van der Waals surface area contributed by atoms with Crippen LogP contribution in [0.5, 0.6) is 0 Å². The van der Waals surface area contributed by atoms with Crippen LogP contribution in [0.3, 0.4) is 0 Å². The number of nitrogens with one attached hydrogen (secondary N) is 2. The molecule has 0 unspecified atom stereocenters. The van der Waals surface area contributed by atoms with E-state index in [0.29, 0.717) is 24.4 Å². The van der Waals surface area contributed by atoms with Crippen molar-refractivity contribution in [1.29, 1.82) is 0 Å². The van der Waals surface area contributed by atoms with Crippen molar-refractivity contribution in [2.24, 2.45) is 0 Å². The van der Waals surface area contributed by atoms with Gasteiger partial charge < -0.3 is 9.47 Å². The third kappa shape index (κ3) is 8.01. The number of anilines is 2. The zero-order valence-electron chi connectivity index (χ0n) is 14.4. The monoisotopic (exact) mass is 354 g/mol. The number of allylic oxidation sites excluding steroid dienone is 1. The zero-order valence-corrected chi connectivity index (χ0v) is 14.4. The second kappa shape index (κ2) is 11.3. The molecule has 2 N–H and O–H groups in total. The number of carbonyl (C=O) groups excluding carboxylic acids is 2. The van der Waals surface area contributed by atoms with Crippen molar-refractivity contribution < 1.29 is 19.1 Å². The van der Waals surface area contributed by atoms with E-state index in [1.165, 1.54) is 0 Å². The van der Waals surface area contributed by atoms with Crippen LogP contribution in [0.2, 0.25) is 0 Å². The summed E-state index contributed by atoms with van der Waals surface area (Å²) >= 11 is 0. The Morgan fingerprint density at radius 1 is 0.769 bits per heavy atom. The van der Waals surface area contributed by atoms with Gasteiger partial charge >= 0.3 is 12.2 Å². The highest BCUT2D eigenvalue weighted by molar-refractivity contribution is 5.84. The molecule has 2 rings (SSSR count). The maximum absolute atomic E-state index is 11.6. The first-order valence-corrected chi connectivity index (χ1v) is 8.37. The number of carbonyl (C=O) groups is 2. The molecule has 0 heterocycles. The third-order valence-corrected chi connectivity index (χ3v) is 3.27. The van der Waals surface area contributed by atoms with E-state index >= 15 is 0 Å². The van der Waals surface area contributed by atoms with Crippen LogP contribution < -0.4 is 10.6 Å². The first-order valence-electron chi connectivity index (χ1n) is 8.37. The molecule has 6 nitrogen and oxygen atoms in total. The van der Waals surface area contributed by atoms with E-state index in [2.05, 4.69) is 10.6 Å². The maximum Gasteiger partial charge on any atom is 0.411 e. The molecule has 0 bridgehead atoms. The van der Waals surface area contributed by atoms with Gasteiger partial charge in [-0.2, -0.15) is 0 Å². The molecule has 2 aromatic rings. The van der Waals surface area contributed by atoms with Crippen molar-refractivity contribution in [2.45, 2.75) is 12.8 Å². The Kier molecular flexibility index (Phi) is 8.28. The van der Waals surface area contributed by atoms with Crippen molar-refractivity contribution in [3.63, 3.8) is 0 Å². The van der Waals surface area contributed by atoms with Crippen LogP contribution in [0.25, 0.3) is 0 Å². The largest absolute Gasteiger partial charge is 0.449 e. The molecule has 136 valence electrons. The number of unbranched alkanes of at least 4 members (excludes halogenated alkanes) is 1. The van der Waals surface area contributed by atoms with E-state index in [4.69, 9.17) is 9.47 Å². The van der Waals surface area contributed by atoms with Crippen LogP contribution in [0, 0.1) is 0 Å². The van der Waals surface area contributed by atoms with Crippen molar-refractivity contribution in [3.8, 4) is 0 Å². The van der Waals surface area contributed by atoms with E-state index in [1.807, 2.05) is 42.5 Å². The molecule has 0 saturated heterocycles. The number of benzene rings is 2. The van der Waals surface area contributed by atoms with Crippen LogP contribution in [-0.4, -0.2) is 25.4 Å². The van der Waals surface area contributed by atoms with Gasteiger partial charge in [-0.3, -0.25) is 10.6 Å². The molecule has 26 heavy (non-hydrogen) atoms. The van der Waals surface area contributed by atoms with Crippen LogP contribution in [0.15, 0.2) is 72.8 Å². The average Bonchev–Trinajstić information content (AvgIpc) is 2.65. The summed E-state index contributed by atoms with van der Waals surface area (Å²) in [6.45, 7) is 0.506. The molecule has 0 aromatic heterocycles. The summed E-state index contributed by atoms with van der Waals surface area (Å²) in [5.41, 5.74) is 1.38. The fourth-order valence-corrected chi connectivity index (χ4v) is 2.03. The molecular formula is C20H22N2O4. The standard InChI is InChI=1S/C20H22N2O4/c23-19(21-17-11-5-3-6-12-17)25-15-9-1-2-10-16-26-20(24)22-18-13-7-4-8-14-18/h1,3-9,11-14H,2,10,15-16H2,(H,21,23)(H,22,24). The molecule has 2 aromatic carbocycles. The Morgan fingerprint density at radius 3 is 1.88 bits per heavy atom. The van der Waals surface area contributed by atoms with Gasteiger partial charge in [0.2, 0.25) is 0 Å². The Balaban J connectivity index is 1.49. The van der Waals surface area contributed by atoms with Gasteiger partial charge in [0, 0.05) is 11.4 Å². The average molecular weight is 354 g/mol. The summed E-state index contributed by atoms with van der Waals surface area (Å²) in [5, 5.41) is 5.27. The highest BCUT2D eigenvalue weighted by atomic mass is 16.6. The predicted octanol–water partition coefficient (Wildman–Crippen LogP) is 4.82. The summed E-state index contributed by atoms with van der Waals surface area (Å²) in [4.78, 5) is 23.1. The van der Waals surface area contributed by atoms with Crippen LogP contribution >= 0.6 is 0 Å². The van der Waals surface area contributed by atoms with Crippen molar-refractivity contribution in [1.82, 2.24) is 0 Å². The Morgan fingerprint density at radius 2 is 1.31 bits per heavy atom. The fraction of sp³-hybridized carbons (Fsp3) is 0.200. The van der Waals surface area contributed by atoms with Crippen molar-refractivity contribution in [2.75, 3.05) is 23.8 Å². The second-order valence-electron chi connectivity index (χ2n) is 5.33. The number of hydrogen-bond donors (Lipinski definition) is 2. The number of para-hydroxylation sites is 2. The number of ether oxygens (including phenoxy) is 2. The van der Waals surface area contributed by atoms with Crippen LogP contribution in [0.4, 0.5) is 21.0 Å².